The van der Waals surface area contributed by atoms with E-state index < -0.39 is 17.5 Å². The third-order valence-corrected chi connectivity index (χ3v) is 3.12. The Bertz CT molecular complexity index is 684. The summed E-state index contributed by atoms with van der Waals surface area (Å²) < 4.78 is 26.3. The summed E-state index contributed by atoms with van der Waals surface area (Å²) in [5.41, 5.74) is 2.31. The van der Waals surface area contributed by atoms with Crippen LogP contribution in [0.3, 0.4) is 0 Å². The summed E-state index contributed by atoms with van der Waals surface area (Å²) in [6.45, 7) is 1.89. The fraction of sp³-hybridized carbons (Fsp3) is 0.188. The molecular formula is C16H16F2N2O. The van der Waals surface area contributed by atoms with E-state index >= 15 is 0 Å². The molecule has 3 nitrogen and oxygen atoms in total. The summed E-state index contributed by atoms with van der Waals surface area (Å²) in [5, 5.41) is 2.44. The third kappa shape index (κ3) is 3.37. The van der Waals surface area contributed by atoms with Crippen LogP contribution >= 0.6 is 0 Å². The van der Waals surface area contributed by atoms with Crippen LogP contribution < -0.4 is 10.2 Å². The number of rotatable bonds is 3. The Morgan fingerprint density at radius 1 is 1.10 bits per heavy atom. The Hall–Kier alpha value is -2.43. The monoisotopic (exact) mass is 290 g/mol. The lowest BCUT2D eigenvalue weighted by Crippen LogP contribution is -2.15. The average Bonchev–Trinajstić information content (AvgIpc) is 2.41. The van der Waals surface area contributed by atoms with Gasteiger partial charge in [-0.1, -0.05) is 0 Å². The van der Waals surface area contributed by atoms with Crippen LogP contribution in [0.2, 0.25) is 0 Å². The van der Waals surface area contributed by atoms with Gasteiger partial charge in [-0.25, -0.2) is 8.78 Å². The van der Waals surface area contributed by atoms with Crippen LogP contribution in [0, 0.1) is 18.6 Å². The topological polar surface area (TPSA) is 32.3 Å². The van der Waals surface area contributed by atoms with Crippen LogP contribution in [-0.2, 0) is 0 Å². The van der Waals surface area contributed by atoms with Crippen LogP contribution in [0.4, 0.5) is 20.2 Å². The van der Waals surface area contributed by atoms with E-state index in [-0.39, 0.29) is 5.69 Å². The van der Waals surface area contributed by atoms with Crippen molar-refractivity contribution in [2.24, 2.45) is 0 Å². The van der Waals surface area contributed by atoms with E-state index in [4.69, 9.17) is 0 Å². The van der Waals surface area contributed by atoms with E-state index in [2.05, 4.69) is 5.32 Å². The maximum absolute atomic E-state index is 13.5. The molecule has 2 rings (SSSR count). The smallest absolute Gasteiger partial charge is 0.255 e. The van der Waals surface area contributed by atoms with Crippen LogP contribution in [0.25, 0.3) is 0 Å². The molecule has 21 heavy (non-hydrogen) atoms. The third-order valence-electron chi connectivity index (χ3n) is 3.12. The molecule has 2 aromatic rings. The van der Waals surface area contributed by atoms with Gasteiger partial charge < -0.3 is 10.2 Å². The number of amides is 1. The number of aryl methyl sites for hydroxylation is 1. The van der Waals surface area contributed by atoms with Gasteiger partial charge in [0.05, 0.1) is 5.69 Å². The zero-order chi connectivity index (χ0) is 15.6. The number of nitrogens with zero attached hydrogens (tertiary/aromatic N) is 1. The number of anilines is 2. The van der Waals surface area contributed by atoms with Crippen LogP contribution in [0.15, 0.2) is 36.4 Å². The molecule has 1 amide bonds. The van der Waals surface area contributed by atoms with Crippen LogP contribution in [0.5, 0.6) is 0 Å². The van der Waals surface area contributed by atoms with Gasteiger partial charge in [0.1, 0.15) is 11.6 Å². The Balaban J connectivity index is 2.22. The largest absolute Gasteiger partial charge is 0.377 e. The van der Waals surface area contributed by atoms with Crippen molar-refractivity contribution >= 4 is 17.3 Å². The SMILES string of the molecule is Cc1cc(C(=O)Nc2ccc(F)cc2F)ccc1N(C)C. The summed E-state index contributed by atoms with van der Waals surface area (Å²) >= 11 is 0. The van der Waals surface area contributed by atoms with Gasteiger partial charge in [0.2, 0.25) is 0 Å². The maximum Gasteiger partial charge on any atom is 0.255 e. The van der Waals surface area contributed by atoms with E-state index in [9.17, 15) is 13.6 Å². The first-order chi connectivity index (χ1) is 9.88. The van der Waals surface area contributed by atoms with Crippen molar-refractivity contribution in [3.8, 4) is 0 Å². The standard InChI is InChI=1S/C16H16F2N2O/c1-10-8-11(4-7-15(10)20(2)3)16(21)19-14-6-5-12(17)9-13(14)18/h4-9H,1-3H3,(H,19,21). The number of hydrogen-bond donors (Lipinski definition) is 1. The molecule has 0 aliphatic carbocycles. The quantitative estimate of drug-likeness (QED) is 0.937. The number of hydrogen-bond acceptors (Lipinski definition) is 2. The number of carbonyl (C=O) groups is 1. The first-order valence-corrected chi connectivity index (χ1v) is 6.43. The van der Waals surface area contributed by atoms with Crippen molar-refractivity contribution in [3.05, 3.63) is 59.2 Å². The second-order valence-corrected chi connectivity index (χ2v) is 4.97. The normalized spacial score (nSPS) is 10.3. The van der Waals surface area contributed by atoms with Crippen molar-refractivity contribution in [3.63, 3.8) is 0 Å². The van der Waals surface area contributed by atoms with Gasteiger partial charge in [-0.15, -0.1) is 0 Å². The lowest BCUT2D eigenvalue weighted by atomic mass is 10.1. The minimum atomic E-state index is -0.801. The molecule has 0 aromatic heterocycles. The number of halogens is 2. The highest BCUT2D eigenvalue weighted by molar-refractivity contribution is 6.04. The zero-order valence-corrected chi connectivity index (χ0v) is 12.1. The number of carbonyl (C=O) groups excluding carboxylic acids is 1. The molecule has 0 radical (unpaired) electrons. The van der Waals surface area contributed by atoms with E-state index in [0.29, 0.717) is 5.56 Å². The zero-order valence-electron chi connectivity index (χ0n) is 12.1. The molecule has 2 aromatic carbocycles. The molecule has 0 bridgehead atoms. The van der Waals surface area contributed by atoms with Gasteiger partial charge in [0.25, 0.3) is 5.91 Å². The van der Waals surface area contributed by atoms with Gasteiger partial charge in [-0.05, 0) is 42.8 Å². The van der Waals surface area contributed by atoms with Gasteiger partial charge in [0.15, 0.2) is 0 Å². The molecule has 0 fully saturated rings. The molecule has 0 unspecified atom stereocenters. The Kier molecular flexibility index (Phi) is 4.21. The summed E-state index contributed by atoms with van der Waals surface area (Å²) in [6.07, 6.45) is 0. The molecule has 0 saturated carbocycles. The second-order valence-electron chi connectivity index (χ2n) is 4.97. The molecule has 0 aliphatic rings. The minimum Gasteiger partial charge on any atom is -0.377 e. The van der Waals surface area contributed by atoms with E-state index in [1.54, 1.807) is 12.1 Å². The van der Waals surface area contributed by atoms with E-state index in [1.165, 1.54) is 6.07 Å². The molecule has 110 valence electrons. The highest BCUT2D eigenvalue weighted by Gasteiger charge is 2.11. The molecular weight excluding hydrogens is 274 g/mol. The maximum atomic E-state index is 13.5. The summed E-state index contributed by atoms with van der Waals surface area (Å²) in [4.78, 5) is 14.0. The predicted octanol–water partition coefficient (Wildman–Crippen LogP) is 3.59. The van der Waals surface area contributed by atoms with Gasteiger partial charge in [-0.2, -0.15) is 0 Å². The van der Waals surface area contributed by atoms with Gasteiger partial charge in [-0.3, -0.25) is 4.79 Å². The Morgan fingerprint density at radius 2 is 1.81 bits per heavy atom. The average molecular weight is 290 g/mol. The van der Waals surface area contributed by atoms with E-state index in [0.717, 1.165) is 23.4 Å². The van der Waals surface area contributed by atoms with Crippen molar-refractivity contribution in [1.29, 1.82) is 0 Å². The molecule has 0 aliphatic heterocycles. The second kappa shape index (κ2) is 5.91. The van der Waals surface area contributed by atoms with Crippen molar-refractivity contribution in [1.82, 2.24) is 0 Å². The van der Waals surface area contributed by atoms with Gasteiger partial charge >= 0.3 is 0 Å². The number of benzene rings is 2. The fourth-order valence-electron chi connectivity index (χ4n) is 2.08. The molecule has 5 heteroatoms. The summed E-state index contributed by atoms with van der Waals surface area (Å²) in [7, 11) is 3.83. The fourth-order valence-corrected chi connectivity index (χ4v) is 2.08. The molecule has 0 spiro atoms. The van der Waals surface area contributed by atoms with Crippen LogP contribution in [-0.4, -0.2) is 20.0 Å². The van der Waals surface area contributed by atoms with Crippen molar-refractivity contribution in [2.45, 2.75) is 6.92 Å². The van der Waals surface area contributed by atoms with E-state index in [1.807, 2.05) is 32.0 Å². The number of nitrogens with one attached hydrogen (secondary N) is 1. The lowest BCUT2D eigenvalue weighted by Gasteiger charge is -2.16. The lowest BCUT2D eigenvalue weighted by molar-refractivity contribution is 0.102. The molecule has 1 N–H and O–H groups in total. The Labute approximate surface area is 122 Å². The summed E-state index contributed by atoms with van der Waals surface area (Å²) in [6, 6.07) is 8.25. The minimum absolute atomic E-state index is 0.0456. The molecule has 0 heterocycles. The first kappa shape index (κ1) is 15.0. The van der Waals surface area contributed by atoms with Crippen molar-refractivity contribution < 1.29 is 13.6 Å². The summed E-state index contributed by atoms with van der Waals surface area (Å²) in [5.74, 6) is -1.92. The van der Waals surface area contributed by atoms with Crippen molar-refractivity contribution in [2.75, 3.05) is 24.3 Å². The van der Waals surface area contributed by atoms with Crippen LogP contribution in [0.1, 0.15) is 15.9 Å². The molecule has 0 atom stereocenters. The predicted molar refractivity (Wildman–Crippen MR) is 79.8 cm³/mol. The highest BCUT2D eigenvalue weighted by Crippen LogP contribution is 2.21. The molecule has 0 saturated heterocycles. The first-order valence-electron chi connectivity index (χ1n) is 6.43. The highest BCUT2D eigenvalue weighted by atomic mass is 19.1. The Morgan fingerprint density at radius 3 is 2.38 bits per heavy atom. The van der Waals surface area contributed by atoms with Gasteiger partial charge in [0, 0.05) is 31.4 Å².